The van der Waals surface area contributed by atoms with Crippen LogP contribution in [0.5, 0.6) is 0 Å². The number of amides is 1. The van der Waals surface area contributed by atoms with E-state index in [4.69, 9.17) is 5.73 Å². The number of nitrogens with zero attached hydrogens (tertiary/aromatic N) is 3. The van der Waals surface area contributed by atoms with E-state index >= 15 is 0 Å². The van der Waals surface area contributed by atoms with Crippen LogP contribution >= 0.6 is 11.3 Å². The molecule has 2 rings (SSSR count). The van der Waals surface area contributed by atoms with Gasteiger partial charge in [0, 0.05) is 12.3 Å². The molecule has 0 saturated carbocycles. The fourth-order valence-electron chi connectivity index (χ4n) is 1.03. The Morgan fingerprint density at radius 2 is 2.24 bits per heavy atom. The van der Waals surface area contributed by atoms with Gasteiger partial charge in [-0.25, -0.2) is 4.98 Å². The first-order valence-corrected chi connectivity index (χ1v) is 5.40. The molecule has 2 aromatic rings. The molecule has 0 spiro atoms. The van der Waals surface area contributed by atoms with E-state index in [1.807, 2.05) is 0 Å². The van der Waals surface area contributed by atoms with Crippen molar-refractivity contribution in [1.82, 2.24) is 20.2 Å². The van der Waals surface area contributed by atoms with E-state index in [0.717, 1.165) is 11.3 Å². The molecule has 4 N–H and O–H groups in total. The number of carbonyl (C=O) groups excluding carboxylic acids is 2. The van der Waals surface area contributed by atoms with E-state index < -0.39 is 5.91 Å². The van der Waals surface area contributed by atoms with Crippen LogP contribution in [0.3, 0.4) is 0 Å². The summed E-state index contributed by atoms with van der Waals surface area (Å²) in [7, 11) is 0. The SMILES string of the molecule is CC(=O)c1csc(NC(=O)c2nc(N)n[nH]2)n1. The van der Waals surface area contributed by atoms with Gasteiger partial charge in [-0.05, 0) is 0 Å². The lowest BCUT2D eigenvalue weighted by Crippen LogP contribution is -2.13. The topological polar surface area (TPSA) is 127 Å². The minimum absolute atomic E-state index is 0.0120. The maximum Gasteiger partial charge on any atom is 0.294 e. The van der Waals surface area contributed by atoms with E-state index in [0.29, 0.717) is 10.8 Å². The van der Waals surface area contributed by atoms with Crippen LogP contribution in [-0.2, 0) is 0 Å². The van der Waals surface area contributed by atoms with Crippen molar-refractivity contribution in [2.75, 3.05) is 11.1 Å². The van der Waals surface area contributed by atoms with Gasteiger partial charge in [0.2, 0.25) is 11.8 Å². The lowest BCUT2D eigenvalue weighted by atomic mass is 10.4. The average Bonchev–Trinajstić information content (AvgIpc) is 2.86. The van der Waals surface area contributed by atoms with Crippen molar-refractivity contribution < 1.29 is 9.59 Å². The Kier molecular flexibility index (Phi) is 2.83. The van der Waals surface area contributed by atoms with Crippen molar-refractivity contribution in [2.24, 2.45) is 0 Å². The van der Waals surface area contributed by atoms with Crippen LogP contribution < -0.4 is 11.1 Å². The number of hydrogen-bond donors (Lipinski definition) is 3. The van der Waals surface area contributed by atoms with Crippen LogP contribution in [0, 0.1) is 0 Å². The van der Waals surface area contributed by atoms with Crippen LogP contribution in [0.4, 0.5) is 11.1 Å². The summed E-state index contributed by atoms with van der Waals surface area (Å²) in [4.78, 5) is 30.2. The maximum absolute atomic E-state index is 11.6. The van der Waals surface area contributed by atoms with E-state index in [2.05, 4.69) is 25.5 Å². The van der Waals surface area contributed by atoms with Crippen LogP contribution in [0.25, 0.3) is 0 Å². The number of anilines is 2. The molecule has 0 saturated heterocycles. The molecule has 9 heteroatoms. The molecular weight excluding hydrogens is 244 g/mol. The average molecular weight is 252 g/mol. The number of nitrogens with two attached hydrogens (primary N) is 1. The fraction of sp³-hybridized carbons (Fsp3) is 0.125. The van der Waals surface area contributed by atoms with Crippen molar-refractivity contribution in [3.63, 3.8) is 0 Å². The molecule has 1 amide bonds. The number of thiazole rings is 1. The van der Waals surface area contributed by atoms with Crippen molar-refractivity contribution in [1.29, 1.82) is 0 Å². The van der Waals surface area contributed by atoms with Crippen molar-refractivity contribution >= 4 is 34.1 Å². The Balaban J connectivity index is 2.10. The standard InChI is InChI=1S/C8H8N6O2S/c1-3(15)4-2-17-8(10-4)12-6(16)5-11-7(9)14-13-5/h2H,1H3,(H,10,12,16)(H3,9,11,13,14). The molecule has 0 aliphatic rings. The number of nitrogen functional groups attached to an aromatic ring is 1. The predicted molar refractivity (Wildman–Crippen MR) is 60.9 cm³/mol. The van der Waals surface area contributed by atoms with Crippen LogP contribution in [0.2, 0.25) is 0 Å². The monoisotopic (exact) mass is 252 g/mol. The number of ketones is 1. The second-order valence-electron chi connectivity index (χ2n) is 3.09. The fourth-order valence-corrected chi connectivity index (χ4v) is 1.77. The molecule has 0 radical (unpaired) electrons. The first kappa shape index (κ1) is 11.2. The summed E-state index contributed by atoms with van der Waals surface area (Å²) in [5.74, 6) is -0.704. The zero-order valence-electron chi connectivity index (χ0n) is 8.72. The van der Waals surface area contributed by atoms with Crippen LogP contribution in [0.15, 0.2) is 5.38 Å². The van der Waals surface area contributed by atoms with Crippen LogP contribution in [-0.4, -0.2) is 31.9 Å². The van der Waals surface area contributed by atoms with Gasteiger partial charge in [0.25, 0.3) is 5.91 Å². The summed E-state index contributed by atoms with van der Waals surface area (Å²) < 4.78 is 0. The zero-order chi connectivity index (χ0) is 12.4. The van der Waals surface area contributed by atoms with Gasteiger partial charge < -0.3 is 5.73 Å². The molecule has 88 valence electrons. The van der Waals surface area contributed by atoms with Gasteiger partial charge in [-0.2, -0.15) is 4.98 Å². The molecule has 2 aromatic heterocycles. The van der Waals surface area contributed by atoms with Crippen molar-refractivity contribution in [3.8, 4) is 0 Å². The molecule has 0 bridgehead atoms. The molecule has 2 heterocycles. The summed E-state index contributed by atoms with van der Waals surface area (Å²) in [6.07, 6.45) is 0. The van der Waals surface area contributed by atoms with Gasteiger partial charge in [-0.1, -0.05) is 0 Å². The normalized spacial score (nSPS) is 10.2. The smallest absolute Gasteiger partial charge is 0.294 e. The Hall–Kier alpha value is -2.29. The number of Topliss-reactive ketones (excluding diaryl/α,β-unsaturated/α-hetero) is 1. The summed E-state index contributed by atoms with van der Waals surface area (Å²) in [6, 6.07) is 0. The first-order valence-electron chi connectivity index (χ1n) is 4.52. The summed E-state index contributed by atoms with van der Waals surface area (Å²) in [6.45, 7) is 1.40. The lowest BCUT2D eigenvalue weighted by Gasteiger charge is -1.96. The highest BCUT2D eigenvalue weighted by molar-refractivity contribution is 7.14. The van der Waals surface area contributed by atoms with E-state index in [1.165, 1.54) is 6.92 Å². The molecule has 8 nitrogen and oxygen atoms in total. The number of aromatic amines is 1. The molecule has 0 aromatic carbocycles. The quantitative estimate of drug-likeness (QED) is 0.674. The largest absolute Gasteiger partial charge is 0.366 e. The van der Waals surface area contributed by atoms with Gasteiger partial charge in [0.05, 0.1) is 0 Å². The molecule has 0 atom stereocenters. The third-order valence-electron chi connectivity index (χ3n) is 1.80. The third kappa shape index (κ3) is 2.45. The van der Waals surface area contributed by atoms with Crippen molar-refractivity contribution in [2.45, 2.75) is 6.92 Å². The van der Waals surface area contributed by atoms with E-state index in [-0.39, 0.29) is 17.6 Å². The van der Waals surface area contributed by atoms with E-state index in [9.17, 15) is 9.59 Å². The number of rotatable bonds is 3. The Labute approximate surface area is 99.3 Å². The molecule has 0 aliphatic heterocycles. The number of H-pyrrole nitrogens is 1. The molecule has 17 heavy (non-hydrogen) atoms. The molecule has 0 unspecified atom stereocenters. The highest BCUT2D eigenvalue weighted by Crippen LogP contribution is 2.16. The highest BCUT2D eigenvalue weighted by atomic mass is 32.1. The second-order valence-corrected chi connectivity index (χ2v) is 3.95. The Bertz CT molecular complexity index is 574. The number of nitrogens with one attached hydrogen (secondary N) is 2. The lowest BCUT2D eigenvalue weighted by molar-refractivity contribution is 0.1000. The van der Waals surface area contributed by atoms with Gasteiger partial charge in [0.1, 0.15) is 5.69 Å². The third-order valence-corrected chi connectivity index (χ3v) is 2.56. The maximum atomic E-state index is 11.6. The minimum Gasteiger partial charge on any atom is -0.366 e. The zero-order valence-corrected chi connectivity index (χ0v) is 9.54. The van der Waals surface area contributed by atoms with Gasteiger partial charge in [0.15, 0.2) is 10.9 Å². The number of aromatic nitrogens is 4. The number of hydrogen-bond acceptors (Lipinski definition) is 7. The Morgan fingerprint density at radius 3 is 2.76 bits per heavy atom. The van der Waals surface area contributed by atoms with E-state index in [1.54, 1.807) is 5.38 Å². The van der Waals surface area contributed by atoms with Gasteiger partial charge in [-0.3, -0.25) is 20.0 Å². The van der Waals surface area contributed by atoms with Gasteiger partial charge in [-0.15, -0.1) is 16.4 Å². The Morgan fingerprint density at radius 1 is 1.47 bits per heavy atom. The molecule has 0 fully saturated rings. The van der Waals surface area contributed by atoms with Crippen LogP contribution in [0.1, 0.15) is 28.0 Å². The van der Waals surface area contributed by atoms with Gasteiger partial charge >= 0.3 is 0 Å². The summed E-state index contributed by atoms with van der Waals surface area (Å²) in [5.41, 5.74) is 5.57. The first-order chi connectivity index (χ1) is 8.06. The minimum atomic E-state index is -0.515. The number of carbonyl (C=O) groups is 2. The summed E-state index contributed by atoms with van der Waals surface area (Å²) in [5, 5.41) is 10.2. The highest BCUT2D eigenvalue weighted by Gasteiger charge is 2.13. The predicted octanol–water partition coefficient (Wildman–Crippen LogP) is 0.298. The molecule has 0 aliphatic carbocycles. The van der Waals surface area contributed by atoms with Crippen molar-refractivity contribution in [3.05, 3.63) is 16.9 Å². The molecular formula is C8H8N6O2S. The summed E-state index contributed by atoms with van der Waals surface area (Å²) >= 11 is 1.15. The second kappa shape index (κ2) is 4.29.